The van der Waals surface area contributed by atoms with E-state index in [4.69, 9.17) is 4.42 Å². The molecule has 1 heterocycles. The third-order valence-electron chi connectivity index (χ3n) is 4.09. The van der Waals surface area contributed by atoms with Gasteiger partial charge in [0.2, 0.25) is 21.8 Å². The van der Waals surface area contributed by atoms with Crippen molar-refractivity contribution in [1.82, 2.24) is 14.5 Å². The zero-order valence-corrected chi connectivity index (χ0v) is 17.7. The van der Waals surface area contributed by atoms with Crippen LogP contribution in [0.25, 0.3) is 11.5 Å². The minimum atomic E-state index is -3.71. The molecular weight excluding hydrogens is 430 g/mol. The normalized spacial score (nSPS) is 12.1. The lowest BCUT2D eigenvalue weighted by atomic mass is 10.2. The van der Waals surface area contributed by atoms with E-state index in [1.807, 2.05) is 51.1 Å². The summed E-state index contributed by atoms with van der Waals surface area (Å²) in [5, 5.41) is 8.06. The van der Waals surface area contributed by atoms with Crippen LogP contribution in [0.1, 0.15) is 25.3 Å². The maximum Gasteiger partial charge on any atom is 0.247 e. The summed E-state index contributed by atoms with van der Waals surface area (Å²) in [6.45, 7) is 5.50. The Kier molecular flexibility index (Phi) is 5.78. The number of hydrogen-bond acceptors (Lipinski definition) is 5. The van der Waals surface area contributed by atoms with Crippen molar-refractivity contribution in [1.29, 1.82) is 0 Å². The molecule has 0 spiro atoms. The Labute approximate surface area is 167 Å². The summed E-state index contributed by atoms with van der Waals surface area (Å²) in [7, 11) is -3.71. The van der Waals surface area contributed by atoms with E-state index in [0.717, 1.165) is 15.6 Å². The molecule has 142 valence electrons. The molecule has 2 aromatic carbocycles. The summed E-state index contributed by atoms with van der Waals surface area (Å²) in [6, 6.07) is 14.1. The van der Waals surface area contributed by atoms with Crippen molar-refractivity contribution in [2.24, 2.45) is 0 Å². The molecule has 8 heteroatoms. The quantitative estimate of drug-likeness (QED) is 0.556. The fraction of sp³-hybridized carbons (Fsp3) is 0.263. The zero-order chi connectivity index (χ0) is 19.6. The number of aromatic nitrogens is 2. The van der Waals surface area contributed by atoms with Crippen molar-refractivity contribution < 1.29 is 12.8 Å². The minimum absolute atomic E-state index is 0.00887. The Morgan fingerprint density at radius 1 is 1.11 bits per heavy atom. The molecule has 6 nitrogen and oxygen atoms in total. The van der Waals surface area contributed by atoms with Gasteiger partial charge in [-0.25, -0.2) is 8.42 Å². The largest absolute Gasteiger partial charge is 0.419 e. The summed E-state index contributed by atoms with van der Waals surface area (Å²) in [5.41, 5.74) is 1.64. The van der Waals surface area contributed by atoms with Crippen molar-refractivity contribution in [2.45, 2.75) is 38.3 Å². The van der Waals surface area contributed by atoms with Crippen LogP contribution in [-0.2, 0) is 16.6 Å². The van der Waals surface area contributed by atoms with Gasteiger partial charge < -0.3 is 4.42 Å². The maximum atomic E-state index is 13.1. The number of benzene rings is 2. The van der Waals surface area contributed by atoms with E-state index in [-0.39, 0.29) is 23.4 Å². The number of rotatable bonds is 6. The Morgan fingerprint density at radius 3 is 2.44 bits per heavy atom. The van der Waals surface area contributed by atoms with E-state index in [1.54, 1.807) is 18.2 Å². The van der Waals surface area contributed by atoms with E-state index in [2.05, 4.69) is 26.1 Å². The molecule has 0 fully saturated rings. The first kappa shape index (κ1) is 19.7. The average Bonchev–Trinajstić information content (AvgIpc) is 3.11. The molecule has 0 unspecified atom stereocenters. The van der Waals surface area contributed by atoms with Gasteiger partial charge in [0.05, 0.1) is 11.4 Å². The lowest BCUT2D eigenvalue weighted by Crippen LogP contribution is -2.36. The Morgan fingerprint density at radius 2 is 1.81 bits per heavy atom. The summed E-state index contributed by atoms with van der Waals surface area (Å²) in [4.78, 5) is 0.236. The van der Waals surface area contributed by atoms with E-state index in [1.165, 1.54) is 4.31 Å². The number of hydrogen-bond donors (Lipinski definition) is 0. The molecule has 1 aromatic heterocycles. The van der Waals surface area contributed by atoms with Gasteiger partial charge in [0.1, 0.15) is 0 Å². The van der Waals surface area contributed by atoms with Crippen molar-refractivity contribution in [3.63, 3.8) is 0 Å². The molecule has 0 saturated carbocycles. The summed E-state index contributed by atoms with van der Waals surface area (Å²) in [6.07, 6.45) is 0. The number of aryl methyl sites for hydroxylation is 1. The van der Waals surface area contributed by atoms with Crippen LogP contribution in [0.5, 0.6) is 0 Å². The molecule has 0 radical (unpaired) electrons. The average molecular weight is 450 g/mol. The highest BCUT2D eigenvalue weighted by Crippen LogP contribution is 2.26. The van der Waals surface area contributed by atoms with E-state index < -0.39 is 10.0 Å². The summed E-state index contributed by atoms with van der Waals surface area (Å²) in [5.74, 6) is 0.617. The van der Waals surface area contributed by atoms with Gasteiger partial charge in [-0.2, -0.15) is 4.31 Å². The van der Waals surface area contributed by atoms with Gasteiger partial charge >= 0.3 is 0 Å². The van der Waals surface area contributed by atoms with Gasteiger partial charge in [0.15, 0.2) is 0 Å². The van der Waals surface area contributed by atoms with Crippen molar-refractivity contribution in [3.8, 4) is 11.5 Å². The predicted octanol–water partition coefficient (Wildman–Crippen LogP) is 4.41. The molecule has 0 amide bonds. The Bertz CT molecular complexity index is 1030. The molecule has 0 N–H and O–H groups in total. The fourth-order valence-electron chi connectivity index (χ4n) is 2.61. The molecule has 3 rings (SSSR count). The van der Waals surface area contributed by atoms with Crippen LogP contribution >= 0.6 is 15.9 Å². The highest BCUT2D eigenvalue weighted by Gasteiger charge is 2.29. The van der Waals surface area contributed by atoms with Crippen LogP contribution in [0, 0.1) is 6.92 Å². The van der Waals surface area contributed by atoms with Crippen LogP contribution in [0.2, 0.25) is 0 Å². The lowest BCUT2D eigenvalue weighted by Gasteiger charge is -2.24. The summed E-state index contributed by atoms with van der Waals surface area (Å²) < 4.78 is 34.2. The Balaban J connectivity index is 1.90. The zero-order valence-electron chi connectivity index (χ0n) is 15.3. The highest BCUT2D eigenvalue weighted by molar-refractivity contribution is 9.10. The van der Waals surface area contributed by atoms with Crippen molar-refractivity contribution >= 4 is 26.0 Å². The topological polar surface area (TPSA) is 76.3 Å². The second kappa shape index (κ2) is 7.92. The first-order chi connectivity index (χ1) is 12.8. The molecule has 3 aromatic rings. The van der Waals surface area contributed by atoms with Gasteiger partial charge in [-0.15, -0.1) is 10.2 Å². The first-order valence-electron chi connectivity index (χ1n) is 8.45. The van der Waals surface area contributed by atoms with E-state index in [0.29, 0.717) is 5.89 Å². The second-order valence-corrected chi connectivity index (χ2v) is 9.17. The van der Waals surface area contributed by atoms with Crippen LogP contribution in [-0.4, -0.2) is 29.0 Å². The highest BCUT2D eigenvalue weighted by atomic mass is 79.9. The number of sulfonamides is 1. The van der Waals surface area contributed by atoms with Crippen LogP contribution < -0.4 is 0 Å². The number of nitrogens with zero attached hydrogens (tertiary/aromatic N) is 3. The Hall–Kier alpha value is -2.03. The van der Waals surface area contributed by atoms with Gasteiger partial charge in [-0.1, -0.05) is 34.1 Å². The predicted molar refractivity (Wildman–Crippen MR) is 106 cm³/mol. The summed E-state index contributed by atoms with van der Waals surface area (Å²) >= 11 is 3.40. The molecule has 0 aliphatic carbocycles. The van der Waals surface area contributed by atoms with Gasteiger partial charge in [0, 0.05) is 16.1 Å². The standard InChI is InChI=1S/C19H20BrN3O3S/c1-13(2)23(27(24,25)16-9-10-17(20)14(3)11-16)12-18-21-22-19(26-18)15-7-5-4-6-8-15/h4-11,13H,12H2,1-3H3. The molecule has 0 saturated heterocycles. The van der Waals surface area contributed by atoms with Gasteiger partial charge in [-0.05, 0) is 56.7 Å². The van der Waals surface area contributed by atoms with Crippen LogP contribution in [0.4, 0.5) is 0 Å². The molecule has 0 bridgehead atoms. The number of halogens is 1. The SMILES string of the molecule is Cc1cc(S(=O)(=O)N(Cc2nnc(-c3ccccc3)o2)C(C)C)ccc1Br. The maximum absolute atomic E-state index is 13.1. The molecular formula is C19H20BrN3O3S. The molecule has 0 atom stereocenters. The molecule has 27 heavy (non-hydrogen) atoms. The fourth-order valence-corrected chi connectivity index (χ4v) is 4.52. The van der Waals surface area contributed by atoms with Crippen molar-refractivity contribution in [3.05, 3.63) is 64.5 Å². The van der Waals surface area contributed by atoms with E-state index in [9.17, 15) is 8.42 Å². The van der Waals surface area contributed by atoms with Crippen LogP contribution in [0.3, 0.4) is 0 Å². The van der Waals surface area contributed by atoms with Crippen LogP contribution in [0.15, 0.2) is 62.3 Å². The smallest absolute Gasteiger partial charge is 0.247 e. The third-order valence-corrected chi connectivity index (χ3v) is 7.00. The van der Waals surface area contributed by atoms with Gasteiger partial charge in [0.25, 0.3) is 0 Å². The van der Waals surface area contributed by atoms with Crippen molar-refractivity contribution in [2.75, 3.05) is 0 Å². The molecule has 0 aliphatic heterocycles. The lowest BCUT2D eigenvalue weighted by molar-refractivity contribution is 0.313. The third kappa shape index (κ3) is 4.28. The monoisotopic (exact) mass is 449 g/mol. The minimum Gasteiger partial charge on any atom is -0.419 e. The van der Waals surface area contributed by atoms with Gasteiger partial charge in [-0.3, -0.25) is 0 Å². The molecule has 0 aliphatic rings. The first-order valence-corrected chi connectivity index (χ1v) is 10.7. The van der Waals surface area contributed by atoms with E-state index >= 15 is 0 Å². The second-order valence-electron chi connectivity index (χ2n) is 6.42.